The van der Waals surface area contributed by atoms with E-state index in [0.29, 0.717) is 0 Å². The summed E-state index contributed by atoms with van der Waals surface area (Å²) in [4.78, 5) is 13.3. The van der Waals surface area contributed by atoms with Crippen LogP contribution in [0.2, 0.25) is 0 Å². The molecule has 3 nitrogen and oxygen atoms in total. The Kier molecular flexibility index (Phi) is 1.61. The summed E-state index contributed by atoms with van der Waals surface area (Å²) in [6.45, 7) is 0. The lowest BCUT2D eigenvalue weighted by Gasteiger charge is -2.05. The van der Waals surface area contributed by atoms with Crippen molar-refractivity contribution in [3.8, 4) is 0 Å². The summed E-state index contributed by atoms with van der Waals surface area (Å²) in [7, 11) is 0. The predicted octanol–water partition coefficient (Wildman–Crippen LogP) is 2.86. The second kappa shape index (κ2) is 3.10. The fourth-order valence-electron chi connectivity index (χ4n) is 2.28. The number of aliphatic imine (C=N–C) groups is 1. The number of fused-ring (bicyclic) bond motifs is 4. The minimum atomic E-state index is 0.859. The molecule has 2 aliphatic rings. The molecule has 0 amide bonds. The van der Waals surface area contributed by atoms with Crippen LogP contribution in [-0.2, 0) is 0 Å². The van der Waals surface area contributed by atoms with Crippen LogP contribution in [0.5, 0.6) is 0 Å². The molecule has 0 spiro atoms. The second-order valence-electron chi connectivity index (χ2n) is 4.11. The van der Waals surface area contributed by atoms with Gasteiger partial charge in [0.15, 0.2) is 0 Å². The van der Waals surface area contributed by atoms with Gasteiger partial charge in [0.25, 0.3) is 0 Å². The van der Waals surface area contributed by atoms with Gasteiger partial charge in [0.1, 0.15) is 0 Å². The molecule has 4 rings (SSSR count). The van der Waals surface area contributed by atoms with Crippen molar-refractivity contribution in [1.82, 2.24) is 9.97 Å². The third-order valence-corrected chi connectivity index (χ3v) is 3.08. The lowest BCUT2D eigenvalue weighted by atomic mass is 9.97. The lowest BCUT2D eigenvalue weighted by molar-refractivity contribution is 1.29. The second-order valence-corrected chi connectivity index (χ2v) is 4.11. The SMILES string of the molecule is [C]1=CCC2=Nc3cc4nccnc4cc3C2=C1. The van der Waals surface area contributed by atoms with Crippen molar-refractivity contribution in [3.63, 3.8) is 0 Å². The molecule has 0 atom stereocenters. The van der Waals surface area contributed by atoms with Gasteiger partial charge in [-0.05, 0) is 24.3 Å². The first-order valence-corrected chi connectivity index (χ1v) is 5.53. The van der Waals surface area contributed by atoms with Gasteiger partial charge in [-0.3, -0.25) is 15.0 Å². The fourth-order valence-corrected chi connectivity index (χ4v) is 2.28. The van der Waals surface area contributed by atoms with Gasteiger partial charge in [0.2, 0.25) is 0 Å². The summed E-state index contributed by atoms with van der Waals surface area (Å²) < 4.78 is 0. The molecular weight excluding hydrogens is 210 g/mol. The Bertz CT molecular complexity index is 723. The third kappa shape index (κ3) is 1.19. The average molecular weight is 218 g/mol. The number of rotatable bonds is 0. The molecule has 79 valence electrons. The van der Waals surface area contributed by atoms with Crippen LogP contribution in [0.1, 0.15) is 12.0 Å². The van der Waals surface area contributed by atoms with E-state index in [1.165, 1.54) is 5.57 Å². The molecule has 0 fully saturated rings. The zero-order chi connectivity index (χ0) is 11.2. The first-order valence-electron chi connectivity index (χ1n) is 5.53. The highest BCUT2D eigenvalue weighted by atomic mass is 14.8. The summed E-state index contributed by atoms with van der Waals surface area (Å²) in [6.07, 6.45) is 11.4. The van der Waals surface area contributed by atoms with Crippen molar-refractivity contribution in [1.29, 1.82) is 0 Å². The van der Waals surface area contributed by atoms with E-state index in [-0.39, 0.29) is 0 Å². The number of hydrogen-bond donors (Lipinski definition) is 0. The highest BCUT2D eigenvalue weighted by Gasteiger charge is 2.21. The van der Waals surface area contributed by atoms with Gasteiger partial charge in [-0.1, -0.05) is 6.08 Å². The molecule has 2 aromatic rings. The zero-order valence-electron chi connectivity index (χ0n) is 9.01. The first-order chi connectivity index (χ1) is 8.42. The van der Waals surface area contributed by atoms with Crippen LogP contribution in [0, 0.1) is 6.08 Å². The maximum absolute atomic E-state index is 4.63. The van der Waals surface area contributed by atoms with Gasteiger partial charge in [-0.15, -0.1) is 0 Å². The molecular formula is C14H8N3. The standard InChI is InChI=1S/C14H8N3/c1-2-4-11-9(3-1)10-7-13-14(8-12(10)17-11)16-6-5-15-13/h2-3,5-8H,4H2. The van der Waals surface area contributed by atoms with Gasteiger partial charge in [-0.2, -0.15) is 0 Å². The van der Waals surface area contributed by atoms with Gasteiger partial charge in [0.05, 0.1) is 22.4 Å². The van der Waals surface area contributed by atoms with Gasteiger partial charge < -0.3 is 0 Å². The van der Waals surface area contributed by atoms with Crippen LogP contribution < -0.4 is 0 Å². The van der Waals surface area contributed by atoms with Crippen LogP contribution >= 0.6 is 0 Å². The smallest absolute Gasteiger partial charge is 0.0908 e. The third-order valence-electron chi connectivity index (χ3n) is 3.08. The Hall–Kier alpha value is -2.29. The summed E-state index contributed by atoms with van der Waals surface area (Å²) in [6, 6.07) is 4.07. The van der Waals surface area contributed by atoms with Crippen LogP contribution in [0.4, 0.5) is 5.69 Å². The monoisotopic (exact) mass is 218 g/mol. The minimum absolute atomic E-state index is 0.859. The Morgan fingerprint density at radius 3 is 2.76 bits per heavy atom. The fraction of sp³-hybridized carbons (Fsp3) is 0.0714. The van der Waals surface area contributed by atoms with E-state index in [1.807, 2.05) is 18.2 Å². The molecule has 17 heavy (non-hydrogen) atoms. The topological polar surface area (TPSA) is 38.1 Å². The van der Waals surface area contributed by atoms with Crippen molar-refractivity contribution in [2.24, 2.45) is 4.99 Å². The molecule has 1 radical (unpaired) electrons. The van der Waals surface area contributed by atoms with Crippen molar-refractivity contribution in [3.05, 3.63) is 48.3 Å². The summed E-state index contributed by atoms with van der Waals surface area (Å²) in [5.74, 6) is 0. The molecule has 0 saturated heterocycles. The largest absolute Gasteiger partial charge is 0.253 e. The molecule has 3 heteroatoms. The van der Waals surface area contributed by atoms with E-state index in [2.05, 4.69) is 27.1 Å². The Balaban J connectivity index is 2.05. The highest BCUT2D eigenvalue weighted by molar-refractivity contribution is 6.30. The predicted molar refractivity (Wildman–Crippen MR) is 67.0 cm³/mol. The highest BCUT2D eigenvalue weighted by Crippen LogP contribution is 2.38. The van der Waals surface area contributed by atoms with E-state index >= 15 is 0 Å². The molecule has 2 heterocycles. The Morgan fingerprint density at radius 1 is 1.06 bits per heavy atom. The van der Waals surface area contributed by atoms with Gasteiger partial charge in [-0.25, -0.2) is 0 Å². The number of allylic oxidation sites excluding steroid dienone is 4. The average Bonchev–Trinajstić information content (AvgIpc) is 2.73. The molecule has 0 unspecified atom stereocenters. The number of aromatic nitrogens is 2. The number of nitrogens with zero attached hydrogens (tertiary/aromatic N) is 3. The van der Waals surface area contributed by atoms with Gasteiger partial charge in [0, 0.05) is 30.0 Å². The van der Waals surface area contributed by atoms with Crippen molar-refractivity contribution in [2.45, 2.75) is 6.42 Å². The summed E-state index contributed by atoms with van der Waals surface area (Å²) >= 11 is 0. The van der Waals surface area contributed by atoms with E-state index in [4.69, 9.17) is 0 Å². The molecule has 1 aromatic carbocycles. The van der Waals surface area contributed by atoms with Crippen LogP contribution in [0.25, 0.3) is 16.6 Å². The maximum atomic E-state index is 4.63. The molecule has 1 aliphatic heterocycles. The van der Waals surface area contributed by atoms with Crippen LogP contribution in [-0.4, -0.2) is 15.7 Å². The van der Waals surface area contributed by atoms with E-state index in [1.54, 1.807) is 12.4 Å². The van der Waals surface area contributed by atoms with Crippen molar-refractivity contribution < 1.29 is 0 Å². The molecule has 1 aliphatic carbocycles. The van der Waals surface area contributed by atoms with Crippen LogP contribution in [0.3, 0.4) is 0 Å². The number of hydrogen-bond acceptors (Lipinski definition) is 3. The zero-order valence-corrected chi connectivity index (χ0v) is 9.01. The summed E-state index contributed by atoms with van der Waals surface area (Å²) in [5.41, 5.74) is 6.25. The van der Waals surface area contributed by atoms with Gasteiger partial charge >= 0.3 is 0 Å². The normalized spacial score (nSPS) is 16.5. The Morgan fingerprint density at radius 2 is 1.88 bits per heavy atom. The quantitative estimate of drug-likeness (QED) is 0.682. The van der Waals surface area contributed by atoms with Crippen molar-refractivity contribution >= 4 is 28.0 Å². The minimum Gasteiger partial charge on any atom is -0.253 e. The number of benzene rings is 1. The first kappa shape index (κ1) is 8.82. The molecule has 0 bridgehead atoms. The van der Waals surface area contributed by atoms with Crippen LogP contribution in [0.15, 0.2) is 41.7 Å². The summed E-state index contributed by atoms with van der Waals surface area (Å²) in [5, 5.41) is 0. The van der Waals surface area contributed by atoms with E-state index in [0.717, 1.165) is 34.4 Å². The Labute approximate surface area is 98.2 Å². The van der Waals surface area contributed by atoms with E-state index < -0.39 is 0 Å². The molecule has 0 saturated carbocycles. The van der Waals surface area contributed by atoms with E-state index in [9.17, 15) is 0 Å². The maximum Gasteiger partial charge on any atom is 0.0908 e. The van der Waals surface area contributed by atoms with Crippen molar-refractivity contribution in [2.75, 3.05) is 0 Å². The molecule has 1 aromatic heterocycles. The lowest BCUT2D eigenvalue weighted by Crippen LogP contribution is -1.98. The molecule has 0 N–H and O–H groups in total.